The second kappa shape index (κ2) is 6.93. The van der Waals surface area contributed by atoms with E-state index in [9.17, 15) is 9.59 Å². The van der Waals surface area contributed by atoms with Gasteiger partial charge in [0.05, 0.1) is 5.69 Å². The van der Waals surface area contributed by atoms with Crippen molar-refractivity contribution in [2.45, 2.75) is 0 Å². The normalized spacial score (nSPS) is 13.1. The lowest BCUT2D eigenvalue weighted by molar-refractivity contribution is -0.123. The molecular weight excluding hydrogens is 352 g/mol. The number of carbonyl (C=O) groups excluding carboxylic acids is 2. The number of rotatable bonds is 4. The van der Waals surface area contributed by atoms with Crippen molar-refractivity contribution >= 4 is 34.0 Å². The highest BCUT2D eigenvalue weighted by Crippen LogP contribution is 2.31. The molecule has 1 N–H and O–H groups in total. The number of hydrogen-bond donors (Lipinski definition) is 1. The van der Waals surface area contributed by atoms with E-state index in [4.69, 9.17) is 4.74 Å². The van der Waals surface area contributed by atoms with Crippen LogP contribution in [0.15, 0.2) is 54.6 Å². The molecule has 7 nitrogen and oxygen atoms in total. The minimum Gasteiger partial charge on any atom is -0.482 e. The molecule has 0 saturated carbocycles. The summed E-state index contributed by atoms with van der Waals surface area (Å²) in [6.45, 7) is -0.194. The number of para-hydroxylation sites is 2. The van der Waals surface area contributed by atoms with Crippen LogP contribution in [0.3, 0.4) is 0 Å². The molecule has 0 atom stereocenters. The third-order valence-electron chi connectivity index (χ3n) is 3.80. The van der Waals surface area contributed by atoms with Crippen LogP contribution in [0.5, 0.6) is 5.75 Å². The van der Waals surface area contributed by atoms with Crippen molar-refractivity contribution < 1.29 is 14.3 Å². The minimum absolute atomic E-state index is 0.0821. The van der Waals surface area contributed by atoms with Crippen molar-refractivity contribution in [1.82, 2.24) is 10.2 Å². The van der Waals surface area contributed by atoms with E-state index in [0.29, 0.717) is 21.6 Å². The summed E-state index contributed by atoms with van der Waals surface area (Å²) < 4.78 is 5.37. The molecule has 0 spiro atoms. The quantitative estimate of drug-likeness (QED) is 0.767. The minimum atomic E-state index is -0.342. The van der Waals surface area contributed by atoms with Gasteiger partial charge in [-0.25, -0.2) is 0 Å². The van der Waals surface area contributed by atoms with E-state index in [1.165, 1.54) is 16.2 Å². The molecule has 0 bridgehead atoms. The van der Waals surface area contributed by atoms with Crippen molar-refractivity contribution in [3.63, 3.8) is 0 Å². The zero-order chi connectivity index (χ0) is 17.9. The SMILES string of the molecule is O=C(CN1C(=O)COc2ccccc21)Nc1nnc(-c2ccccc2)s1. The highest BCUT2D eigenvalue weighted by Gasteiger charge is 2.27. The highest BCUT2D eigenvalue weighted by atomic mass is 32.1. The van der Waals surface area contributed by atoms with E-state index in [2.05, 4.69) is 15.5 Å². The Hall–Kier alpha value is -3.26. The van der Waals surface area contributed by atoms with Gasteiger partial charge in [-0.15, -0.1) is 10.2 Å². The van der Waals surface area contributed by atoms with Gasteiger partial charge in [0.15, 0.2) is 6.61 Å². The smallest absolute Gasteiger partial charge is 0.265 e. The lowest BCUT2D eigenvalue weighted by Crippen LogP contribution is -2.43. The first kappa shape index (κ1) is 16.2. The number of nitrogens with zero attached hydrogens (tertiary/aromatic N) is 3. The third-order valence-corrected chi connectivity index (χ3v) is 4.69. The van der Waals surface area contributed by atoms with Crippen LogP contribution in [0.4, 0.5) is 10.8 Å². The number of carbonyl (C=O) groups is 2. The molecule has 1 aliphatic rings. The van der Waals surface area contributed by atoms with Crippen LogP contribution in [0.1, 0.15) is 0 Å². The molecule has 2 heterocycles. The molecule has 2 amide bonds. The molecule has 0 unspecified atom stereocenters. The van der Waals surface area contributed by atoms with Crippen molar-refractivity contribution in [2.24, 2.45) is 0 Å². The number of amides is 2. The summed E-state index contributed by atoms with van der Waals surface area (Å²) in [5.41, 5.74) is 1.52. The Labute approximate surface area is 153 Å². The predicted molar refractivity (Wildman–Crippen MR) is 98.3 cm³/mol. The maximum Gasteiger partial charge on any atom is 0.265 e. The topological polar surface area (TPSA) is 84.4 Å². The van der Waals surface area contributed by atoms with E-state index in [0.717, 1.165) is 5.56 Å². The molecule has 0 radical (unpaired) electrons. The molecule has 2 aromatic carbocycles. The number of anilines is 2. The number of benzene rings is 2. The van der Waals surface area contributed by atoms with Crippen LogP contribution in [-0.4, -0.2) is 35.2 Å². The second-order valence-electron chi connectivity index (χ2n) is 5.56. The summed E-state index contributed by atoms with van der Waals surface area (Å²) in [5.74, 6) is -0.0194. The Morgan fingerprint density at radius 3 is 2.73 bits per heavy atom. The number of hydrogen-bond acceptors (Lipinski definition) is 6. The Morgan fingerprint density at radius 1 is 1.12 bits per heavy atom. The molecular formula is C18H14N4O3S. The maximum atomic E-state index is 12.4. The van der Waals surface area contributed by atoms with E-state index in [1.807, 2.05) is 36.4 Å². The summed E-state index contributed by atoms with van der Waals surface area (Å²) in [7, 11) is 0. The van der Waals surface area contributed by atoms with Gasteiger partial charge in [0.25, 0.3) is 5.91 Å². The summed E-state index contributed by atoms with van der Waals surface area (Å²) in [4.78, 5) is 25.9. The van der Waals surface area contributed by atoms with Crippen LogP contribution < -0.4 is 15.0 Å². The number of ether oxygens (including phenoxy) is 1. The molecule has 0 fully saturated rings. The zero-order valence-corrected chi connectivity index (χ0v) is 14.4. The Bertz CT molecular complexity index is 958. The number of fused-ring (bicyclic) bond motifs is 1. The van der Waals surface area contributed by atoms with Crippen LogP contribution in [0.25, 0.3) is 10.6 Å². The molecule has 130 valence electrons. The standard InChI is InChI=1S/C18H14N4O3S/c23-15(10-22-13-8-4-5-9-14(13)25-11-16(22)24)19-18-21-20-17(26-18)12-6-2-1-3-7-12/h1-9H,10-11H2,(H,19,21,23). The molecule has 0 saturated heterocycles. The second-order valence-corrected chi connectivity index (χ2v) is 6.54. The van der Waals surface area contributed by atoms with Gasteiger partial charge in [-0.1, -0.05) is 53.8 Å². The Balaban J connectivity index is 1.47. The Morgan fingerprint density at radius 2 is 1.88 bits per heavy atom. The van der Waals surface area contributed by atoms with Crippen molar-refractivity contribution in [1.29, 1.82) is 0 Å². The predicted octanol–water partition coefficient (Wildman–Crippen LogP) is 2.57. The zero-order valence-electron chi connectivity index (χ0n) is 13.6. The van der Waals surface area contributed by atoms with Gasteiger partial charge < -0.3 is 4.74 Å². The van der Waals surface area contributed by atoms with E-state index >= 15 is 0 Å². The van der Waals surface area contributed by atoms with Crippen molar-refractivity contribution in [2.75, 3.05) is 23.4 Å². The monoisotopic (exact) mass is 366 g/mol. The molecule has 26 heavy (non-hydrogen) atoms. The van der Waals surface area contributed by atoms with Gasteiger partial charge in [0, 0.05) is 5.56 Å². The van der Waals surface area contributed by atoms with Gasteiger partial charge in [-0.2, -0.15) is 0 Å². The van der Waals surface area contributed by atoms with E-state index in [-0.39, 0.29) is 25.0 Å². The van der Waals surface area contributed by atoms with Gasteiger partial charge in [-0.05, 0) is 12.1 Å². The first-order valence-corrected chi connectivity index (χ1v) is 8.73. The van der Waals surface area contributed by atoms with Gasteiger partial charge in [0.2, 0.25) is 11.0 Å². The highest BCUT2D eigenvalue weighted by molar-refractivity contribution is 7.18. The van der Waals surface area contributed by atoms with Gasteiger partial charge in [0.1, 0.15) is 17.3 Å². The first-order valence-electron chi connectivity index (χ1n) is 7.92. The van der Waals surface area contributed by atoms with Crippen LogP contribution in [0, 0.1) is 0 Å². The molecule has 4 rings (SSSR count). The van der Waals surface area contributed by atoms with Crippen molar-refractivity contribution in [3.8, 4) is 16.3 Å². The van der Waals surface area contributed by atoms with Crippen LogP contribution in [-0.2, 0) is 9.59 Å². The third kappa shape index (κ3) is 3.27. The largest absolute Gasteiger partial charge is 0.482 e. The first-order chi connectivity index (χ1) is 12.7. The molecule has 8 heteroatoms. The maximum absolute atomic E-state index is 12.4. The van der Waals surface area contributed by atoms with Gasteiger partial charge >= 0.3 is 0 Å². The fraction of sp³-hybridized carbons (Fsp3) is 0.111. The molecule has 1 aromatic heterocycles. The summed E-state index contributed by atoms with van der Waals surface area (Å²) in [5, 5.41) is 11.9. The fourth-order valence-electron chi connectivity index (χ4n) is 2.60. The Kier molecular flexibility index (Phi) is 4.32. The molecule has 1 aliphatic heterocycles. The van der Waals surface area contributed by atoms with Crippen molar-refractivity contribution in [3.05, 3.63) is 54.6 Å². The average Bonchev–Trinajstić information content (AvgIpc) is 3.13. The number of nitrogens with one attached hydrogen (secondary N) is 1. The average molecular weight is 366 g/mol. The van der Waals surface area contributed by atoms with Gasteiger partial charge in [-0.3, -0.25) is 19.8 Å². The van der Waals surface area contributed by atoms with Crippen LogP contribution >= 0.6 is 11.3 Å². The fourth-order valence-corrected chi connectivity index (χ4v) is 3.37. The summed E-state index contributed by atoms with van der Waals surface area (Å²) in [6.07, 6.45) is 0. The molecule has 0 aliphatic carbocycles. The van der Waals surface area contributed by atoms with E-state index in [1.54, 1.807) is 18.2 Å². The number of aromatic nitrogens is 2. The lowest BCUT2D eigenvalue weighted by atomic mass is 10.2. The van der Waals surface area contributed by atoms with E-state index < -0.39 is 0 Å². The van der Waals surface area contributed by atoms with Crippen LogP contribution in [0.2, 0.25) is 0 Å². The molecule has 3 aromatic rings. The summed E-state index contributed by atoms with van der Waals surface area (Å²) >= 11 is 1.28. The lowest BCUT2D eigenvalue weighted by Gasteiger charge is -2.28. The summed E-state index contributed by atoms with van der Waals surface area (Å²) in [6, 6.07) is 16.7.